The Balaban J connectivity index is 1.50. The summed E-state index contributed by atoms with van der Waals surface area (Å²) in [6.07, 6.45) is 9.89. The third-order valence-electron chi connectivity index (χ3n) is 4.78. The van der Waals surface area contributed by atoms with E-state index in [9.17, 15) is 4.79 Å². The molecule has 0 aliphatic heterocycles. The van der Waals surface area contributed by atoms with E-state index in [2.05, 4.69) is 33.4 Å². The molecular weight excluding hydrogens is 322 g/mol. The second-order valence-corrected chi connectivity index (χ2v) is 6.86. The van der Waals surface area contributed by atoms with Crippen LogP contribution in [0, 0.1) is 0 Å². The van der Waals surface area contributed by atoms with E-state index in [1.54, 1.807) is 6.20 Å². The molecule has 1 aliphatic carbocycles. The number of allylic oxidation sites excluding steroid dienone is 1. The number of hydrogen-bond donors (Lipinski definition) is 1. The summed E-state index contributed by atoms with van der Waals surface area (Å²) < 4.78 is 0. The normalized spacial score (nSPS) is 13.8. The quantitative estimate of drug-likeness (QED) is 0.756. The Kier molecular flexibility index (Phi) is 6.42. The lowest BCUT2D eigenvalue weighted by Crippen LogP contribution is -2.25. The van der Waals surface area contributed by atoms with Crippen LogP contribution in [0.3, 0.4) is 0 Å². The van der Waals surface area contributed by atoms with Crippen molar-refractivity contribution in [3.8, 4) is 0 Å². The van der Waals surface area contributed by atoms with E-state index in [0.29, 0.717) is 12.1 Å². The van der Waals surface area contributed by atoms with E-state index < -0.39 is 0 Å². The van der Waals surface area contributed by atoms with Gasteiger partial charge in [-0.25, -0.2) is 4.98 Å². The molecule has 136 valence electrons. The van der Waals surface area contributed by atoms with Crippen LogP contribution in [0.15, 0.2) is 60.3 Å². The van der Waals surface area contributed by atoms with E-state index in [0.717, 1.165) is 18.8 Å². The van der Waals surface area contributed by atoms with Gasteiger partial charge in [-0.05, 0) is 49.8 Å². The van der Waals surface area contributed by atoms with E-state index in [4.69, 9.17) is 0 Å². The summed E-state index contributed by atoms with van der Waals surface area (Å²) in [6, 6.07) is 14.0. The van der Waals surface area contributed by atoms with Crippen LogP contribution in [0.2, 0.25) is 0 Å². The van der Waals surface area contributed by atoms with Gasteiger partial charge >= 0.3 is 0 Å². The minimum Gasteiger partial charge on any atom is -0.355 e. The van der Waals surface area contributed by atoms with E-state index >= 15 is 0 Å². The van der Waals surface area contributed by atoms with Crippen molar-refractivity contribution in [2.24, 2.45) is 0 Å². The van der Waals surface area contributed by atoms with Crippen molar-refractivity contribution in [3.05, 3.63) is 71.4 Å². The number of anilines is 1. The Labute approximate surface area is 155 Å². The zero-order chi connectivity index (χ0) is 18.2. The van der Waals surface area contributed by atoms with E-state index in [1.807, 2.05) is 37.4 Å². The van der Waals surface area contributed by atoms with Crippen LogP contribution in [0.5, 0.6) is 0 Å². The lowest BCUT2D eigenvalue weighted by molar-refractivity contribution is 0.0953. The molecule has 1 aliphatic rings. The molecule has 0 fully saturated rings. The first-order valence-corrected chi connectivity index (χ1v) is 9.39. The summed E-state index contributed by atoms with van der Waals surface area (Å²) in [6.45, 7) is 1.48. The molecule has 0 unspecified atom stereocenters. The Morgan fingerprint density at radius 2 is 2.00 bits per heavy atom. The van der Waals surface area contributed by atoms with Crippen molar-refractivity contribution < 1.29 is 4.79 Å². The van der Waals surface area contributed by atoms with Crippen LogP contribution in [0.25, 0.3) is 0 Å². The molecule has 4 nitrogen and oxygen atoms in total. The van der Waals surface area contributed by atoms with Crippen molar-refractivity contribution in [1.29, 1.82) is 0 Å². The lowest BCUT2D eigenvalue weighted by Gasteiger charge is -2.18. The SMILES string of the molecule is CN(Cc1ccccc1)c1ccc(C(=O)NCCC2=CCCCC2)cn1. The Bertz CT molecular complexity index is 738. The summed E-state index contributed by atoms with van der Waals surface area (Å²) >= 11 is 0. The molecule has 1 amide bonds. The standard InChI is InChI=1S/C22H27N3O/c1-25(17-19-10-6-3-7-11-19)21-13-12-20(16-24-21)22(26)23-15-14-18-8-4-2-5-9-18/h3,6-8,10-13,16H,2,4-5,9,14-15,17H2,1H3,(H,23,26). The summed E-state index contributed by atoms with van der Waals surface area (Å²) in [4.78, 5) is 18.8. The maximum absolute atomic E-state index is 12.3. The molecule has 2 aromatic rings. The lowest BCUT2D eigenvalue weighted by atomic mass is 9.97. The minimum atomic E-state index is -0.0498. The molecule has 1 aromatic carbocycles. The average Bonchev–Trinajstić information content (AvgIpc) is 2.69. The number of hydrogen-bond acceptors (Lipinski definition) is 3. The summed E-state index contributed by atoms with van der Waals surface area (Å²) in [5.74, 6) is 0.809. The molecule has 0 bridgehead atoms. The fourth-order valence-electron chi connectivity index (χ4n) is 3.25. The van der Waals surface area contributed by atoms with Gasteiger partial charge in [-0.3, -0.25) is 4.79 Å². The van der Waals surface area contributed by atoms with Gasteiger partial charge in [-0.1, -0.05) is 42.0 Å². The highest BCUT2D eigenvalue weighted by molar-refractivity contribution is 5.94. The number of carbonyl (C=O) groups is 1. The van der Waals surface area contributed by atoms with Gasteiger partial charge in [0.25, 0.3) is 5.91 Å². The molecule has 1 N–H and O–H groups in total. The van der Waals surface area contributed by atoms with Crippen LogP contribution >= 0.6 is 0 Å². The Morgan fingerprint density at radius 1 is 1.15 bits per heavy atom. The van der Waals surface area contributed by atoms with Gasteiger partial charge in [0.1, 0.15) is 5.82 Å². The van der Waals surface area contributed by atoms with Crippen LogP contribution in [0.1, 0.15) is 48.0 Å². The van der Waals surface area contributed by atoms with Gasteiger partial charge in [0.2, 0.25) is 0 Å². The number of aromatic nitrogens is 1. The average molecular weight is 349 g/mol. The first-order chi connectivity index (χ1) is 12.7. The van der Waals surface area contributed by atoms with Gasteiger partial charge < -0.3 is 10.2 Å². The van der Waals surface area contributed by atoms with Crippen molar-refractivity contribution in [2.75, 3.05) is 18.5 Å². The molecule has 0 saturated heterocycles. The van der Waals surface area contributed by atoms with Crippen LogP contribution in [-0.4, -0.2) is 24.5 Å². The van der Waals surface area contributed by atoms with Crippen molar-refractivity contribution in [1.82, 2.24) is 10.3 Å². The fraction of sp³-hybridized carbons (Fsp3) is 0.364. The first-order valence-electron chi connectivity index (χ1n) is 9.39. The zero-order valence-corrected chi connectivity index (χ0v) is 15.4. The largest absolute Gasteiger partial charge is 0.355 e. The molecule has 26 heavy (non-hydrogen) atoms. The highest BCUT2D eigenvalue weighted by Gasteiger charge is 2.09. The number of rotatable bonds is 7. The van der Waals surface area contributed by atoms with Gasteiger partial charge in [0.05, 0.1) is 5.56 Å². The summed E-state index contributed by atoms with van der Waals surface area (Å²) in [5, 5.41) is 3.00. The van der Waals surface area contributed by atoms with Crippen LogP contribution in [-0.2, 0) is 6.54 Å². The molecule has 0 radical (unpaired) electrons. The van der Waals surface area contributed by atoms with Crippen molar-refractivity contribution in [2.45, 2.75) is 38.6 Å². The maximum atomic E-state index is 12.3. The van der Waals surface area contributed by atoms with E-state index in [1.165, 1.54) is 36.8 Å². The van der Waals surface area contributed by atoms with Crippen LogP contribution < -0.4 is 10.2 Å². The molecule has 4 heteroatoms. The topological polar surface area (TPSA) is 45.2 Å². The highest BCUT2D eigenvalue weighted by atomic mass is 16.1. The highest BCUT2D eigenvalue weighted by Crippen LogP contribution is 2.19. The number of benzene rings is 1. The van der Waals surface area contributed by atoms with Crippen molar-refractivity contribution in [3.63, 3.8) is 0 Å². The van der Waals surface area contributed by atoms with Gasteiger partial charge in [-0.15, -0.1) is 0 Å². The third kappa shape index (κ3) is 5.19. The predicted molar refractivity (Wildman–Crippen MR) is 106 cm³/mol. The molecule has 1 aromatic heterocycles. The monoisotopic (exact) mass is 349 g/mol. The first kappa shape index (κ1) is 18.2. The molecule has 3 rings (SSSR count). The summed E-state index contributed by atoms with van der Waals surface area (Å²) in [7, 11) is 2.01. The fourth-order valence-corrected chi connectivity index (χ4v) is 3.25. The maximum Gasteiger partial charge on any atom is 0.252 e. The number of nitrogens with one attached hydrogen (secondary N) is 1. The minimum absolute atomic E-state index is 0.0498. The van der Waals surface area contributed by atoms with E-state index in [-0.39, 0.29) is 5.91 Å². The smallest absolute Gasteiger partial charge is 0.252 e. The number of amides is 1. The molecule has 1 heterocycles. The predicted octanol–water partition coefficient (Wildman–Crippen LogP) is 4.34. The Hall–Kier alpha value is -2.62. The molecule has 0 spiro atoms. The molecular formula is C22H27N3O. The van der Waals surface area contributed by atoms with Crippen LogP contribution in [0.4, 0.5) is 5.82 Å². The third-order valence-corrected chi connectivity index (χ3v) is 4.78. The number of nitrogens with zero attached hydrogens (tertiary/aromatic N) is 2. The number of pyridine rings is 1. The van der Waals surface area contributed by atoms with Gasteiger partial charge in [0, 0.05) is 26.3 Å². The van der Waals surface area contributed by atoms with Gasteiger partial charge in [0.15, 0.2) is 0 Å². The molecule has 0 atom stereocenters. The molecule has 0 saturated carbocycles. The zero-order valence-electron chi connectivity index (χ0n) is 15.4. The Morgan fingerprint density at radius 3 is 2.69 bits per heavy atom. The number of carbonyl (C=O) groups excluding carboxylic acids is 1. The van der Waals surface area contributed by atoms with Gasteiger partial charge in [-0.2, -0.15) is 0 Å². The summed E-state index contributed by atoms with van der Waals surface area (Å²) in [5.41, 5.74) is 3.32. The van der Waals surface area contributed by atoms with Crippen molar-refractivity contribution >= 4 is 11.7 Å². The second kappa shape index (κ2) is 9.18. The second-order valence-electron chi connectivity index (χ2n) is 6.86.